The van der Waals surface area contributed by atoms with Crippen LogP contribution in [0.3, 0.4) is 0 Å². The molecule has 2 atom stereocenters. The average molecular weight is 338 g/mol. The number of carbonyl (C=O) groups excluding carboxylic acids is 1. The molecule has 1 aromatic rings. The van der Waals surface area contributed by atoms with Gasteiger partial charge in [-0.05, 0) is 12.1 Å². The van der Waals surface area contributed by atoms with Gasteiger partial charge < -0.3 is 4.90 Å². The Hall–Kier alpha value is -1.57. The second-order valence-electron chi connectivity index (χ2n) is 5.55. The first-order valence-corrected chi connectivity index (χ1v) is 6.88. The van der Waals surface area contributed by atoms with Crippen LogP contribution in [0.2, 0.25) is 0 Å². The van der Waals surface area contributed by atoms with E-state index in [1.165, 1.54) is 19.4 Å². The highest BCUT2D eigenvalue weighted by molar-refractivity contribution is 6.26. The van der Waals surface area contributed by atoms with Crippen LogP contribution in [-0.2, 0) is 0 Å². The Bertz CT molecular complexity index is 615. The lowest BCUT2D eigenvalue weighted by atomic mass is 9.67. The minimum absolute atomic E-state index is 0.425. The Balaban J connectivity index is 1.80. The van der Waals surface area contributed by atoms with Gasteiger partial charge in [-0.1, -0.05) is 0 Å². The fourth-order valence-corrected chi connectivity index (χ4v) is 3.45. The SMILES string of the molecule is CN(C(=O)N1CC2C(F)(F)C(F)(F)C2(Cl)C1)c1cccnc1. The van der Waals surface area contributed by atoms with Crippen LogP contribution in [0.1, 0.15) is 0 Å². The maximum atomic E-state index is 13.6. The molecule has 0 spiro atoms. The molecule has 1 saturated carbocycles. The Labute approximate surface area is 128 Å². The van der Waals surface area contributed by atoms with E-state index in [0.717, 1.165) is 9.80 Å². The molecule has 22 heavy (non-hydrogen) atoms. The van der Waals surface area contributed by atoms with Crippen molar-refractivity contribution < 1.29 is 22.4 Å². The fraction of sp³-hybridized carbons (Fsp3) is 0.538. The van der Waals surface area contributed by atoms with E-state index in [4.69, 9.17) is 11.6 Å². The summed E-state index contributed by atoms with van der Waals surface area (Å²) in [6.45, 7) is -1.12. The van der Waals surface area contributed by atoms with E-state index in [2.05, 4.69) is 4.98 Å². The zero-order valence-electron chi connectivity index (χ0n) is 11.4. The van der Waals surface area contributed by atoms with E-state index in [1.54, 1.807) is 12.1 Å². The zero-order valence-corrected chi connectivity index (χ0v) is 12.2. The number of amides is 2. The highest BCUT2D eigenvalue weighted by Gasteiger charge is 2.88. The van der Waals surface area contributed by atoms with Crippen molar-refractivity contribution in [3.8, 4) is 0 Å². The number of nitrogens with zero attached hydrogens (tertiary/aromatic N) is 3. The minimum atomic E-state index is -4.33. The highest BCUT2D eigenvalue weighted by atomic mass is 35.5. The molecule has 2 heterocycles. The second kappa shape index (κ2) is 4.47. The highest BCUT2D eigenvalue weighted by Crippen LogP contribution is 2.67. The van der Waals surface area contributed by atoms with E-state index in [9.17, 15) is 22.4 Å². The normalized spacial score (nSPS) is 31.4. The monoisotopic (exact) mass is 337 g/mol. The van der Waals surface area contributed by atoms with Gasteiger partial charge in [0.25, 0.3) is 0 Å². The molecule has 120 valence electrons. The standard InChI is InChI=1S/C13H12ClF4N3O/c1-20(8-3-2-4-19-5-8)10(22)21-6-9-11(14,7-21)13(17,18)12(9,15)16/h2-5,9H,6-7H2,1H3. The van der Waals surface area contributed by atoms with E-state index < -0.39 is 41.8 Å². The largest absolute Gasteiger partial charge is 0.331 e. The molecule has 1 aromatic heterocycles. The van der Waals surface area contributed by atoms with Gasteiger partial charge in [-0.3, -0.25) is 9.88 Å². The van der Waals surface area contributed by atoms with E-state index in [1.807, 2.05) is 0 Å². The molecular formula is C13H12ClF4N3O. The van der Waals surface area contributed by atoms with Crippen LogP contribution >= 0.6 is 11.6 Å². The number of rotatable bonds is 1. The molecule has 2 amide bonds. The molecule has 0 bridgehead atoms. The van der Waals surface area contributed by atoms with Crippen LogP contribution in [0.4, 0.5) is 28.0 Å². The predicted octanol–water partition coefficient (Wildman–Crippen LogP) is 2.83. The molecule has 2 fully saturated rings. The number of likely N-dealkylation sites (tertiary alicyclic amines) is 1. The summed E-state index contributed by atoms with van der Waals surface area (Å²) in [5.41, 5.74) is 0.425. The lowest BCUT2D eigenvalue weighted by Crippen LogP contribution is -2.75. The Morgan fingerprint density at radius 3 is 2.68 bits per heavy atom. The Morgan fingerprint density at radius 1 is 1.45 bits per heavy atom. The quantitative estimate of drug-likeness (QED) is 0.583. The van der Waals surface area contributed by atoms with Gasteiger partial charge in [0.2, 0.25) is 0 Å². The smallest absolute Gasteiger partial charge is 0.322 e. The topological polar surface area (TPSA) is 36.4 Å². The molecule has 0 aromatic carbocycles. The van der Waals surface area contributed by atoms with Crippen LogP contribution in [0.25, 0.3) is 0 Å². The number of hydrogen-bond acceptors (Lipinski definition) is 2. The number of alkyl halides is 5. The average Bonchev–Trinajstić information content (AvgIpc) is 2.85. The van der Waals surface area contributed by atoms with E-state index in [-0.39, 0.29) is 0 Å². The number of pyridine rings is 1. The second-order valence-corrected chi connectivity index (χ2v) is 6.22. The van der Waals surface area contributed by atoms with Crippen molar-refractivity contribution in [2.75, 3.05) is 25.0 Å². The third-order valence-electron chi connectivity index (χ3n) is 4.35. The van der Waals surface area contributed by atoms with Crippen molar-refractivity contribution in [1.82, 2.24) is 9.88 Å². The van der Waals surface area contributed by atoms with Gasteiger partial charge in [0, 0.05) is 26.3 Å². The summed E-state index contributed by atoms with van der Waals surface area (Å²) >= 11 is 5.72. The third-order valence-corrected chi connectivity index (χ3v) is 4.97. The maximum absolute atomic E-state index is 13.6. The van der Waals surface area contributed by atoms with E-state index in [0.29, 0.717) is 5.69 Å². The van der Waals surface area contributed by atoms with Crippen LogP contribution in [0, 0.1) is 5.92 Å². The first-order valence-electron chi connectivity index (χ1n) is 6.50. The van der Waals surface area contributed by atoms with Gasteiger partial charge in [0.1, 0.15) is 4.87 Å². The molecule has 3 rings (SSSR count). The number of anilines is 1. The summed E-state index contributed by atoms with van der Waals surface area (Å²) in [6.07, 6.45) is 2.91. The first kappa shape index (κ1) is 15.3. The van der Waals surface area contributed by atoms with Gasteiger partial charge in [-0.25, -0.2) is 4.79 Å². The van der Waals surface area contributed by atoms with E-state index >= 15 is 0 Å². The number of fused-ring (bicyclic) bond motifs is 1. The van der Waals surface area contributed by atoms with Crippen LogP contribution < -0.4 is 4.90 Å². The van der Waals surface area contributed by atoms with Crippen LogP contribution in [0.15, 0.2) is 24.5 Å². The molecule has 0 N–H and O–H groups in total. The number of hydrogen-bond donors (Lipinski definition) is 0. The third kappa shape index (κ3) is 1.70. The van der Waals surface area contributed by atoms with Crippen molar-refractivity contribution in [1.29, 1.82) is 0 Å². The summed E-state index contributed by atoms with van der Waals surface area (Å²) in [5.74, 6) is -10.3. The first-order chi connectivity index (χ1) is 10.1. The summed E-state index contributed by atoms with van der Waals surface area (Å²) < 4.78 is 54.1. The molecule has 0 radical (unpaired) electrons. The Kier molecular flexibility index (Phi) is 3.11. The number of aromatic nitrogens is 1. The van der Waals surface area contributed by atoms with Gasteiger partial charge >= 0.3 is 17.9 Å². The molecule has 1 saturated heterocycles. The lowest BCUT2D eigenvalue weighted by Gasteiger charge is -2.52. The van der Waals surface area contributed by atoms with Crippen LogP contribution in [0.5, 0.6) is 0 Å². The van der Waals surface area contributed by atoms with Gasteiger partial charge in [0.05, 0.1) is 17.8 Å². The summed E-state index contributed by atoms with van der Waals surface area (Å²) in [6, 6.07) is 2.52. The zero-order chi connectivity index (χ0) is 16.3. The molecule has 9 heteroatoms. The maximum Gasteiger partial charge on any atom is 0.331 e. The fourth-order valence-electron chi connectivity index (χ4n) is 2.98. The molecule has 2 aliphatic rings. The lowest BCUT2D eigenvalue weighted by molar-refractivity contribution is -0.326. The molecule has 1 aliphatic heterocycles. The number of carbonyl (C=O) groups is 1. The summed E-state index contributed by atoms with van der Waals surface area (Å²) in [7, 11) is 1.41. The summed E-state index contributed by atoms with van der Waals surface area (Å²) in [5, 5.41) is 0. The Morgan fingerprint density at radius 2 is 2.14 bits per heavy atom. The van der Waals surface area contributed by atoms with Crippen molar-refractivity contribution in [3.05, 3.63) is 24.5 Å². The minimum Gasteiger partial charge on any atom is -0.322 e. The molecule has 2 unspecified atom stereocenters. The van der Waals surface area contributed by atoms with Crippen molar-refractivity contribution >= 4 is 23.3 Å². The molecular weight excluding hydrogens is 326 g/mol. The van der Waals surface area contributed by atoms with Gasteiger partial charge in [-0.15, -0.1) is 11.6 Å². The van der Waals surface area contributed by atoms with Crippen molar-refractivity contribution in [2.45, 2.75) is 16.7 Å². The predicted molar refractivity (Wildman–Crippen MR) is 71.6 cm³/mol. The van der Waals surface area contributed by atoms with Crippen molar-refractivity contribution in [2.24, 2.45) is 5.92 Å². The molecule has 4 nitrogen and oxygen atoms in total. The molecule has 1 aliphatic carbocycles. The number of urea groups is 1. The number of halogens is 5. The van der Waals surface area contributed by atoms with Crippen LogP contribution in [-0.4, -0.2) is 52.8 Å². The van der Waals surface area contributed by atoms with Gasteiger partial charge in [-0.2, -0.15) is 17.6 Å². The summed E-state index contributed by atoms with van der Waals surface area (Å²) in [4.78, 5) is 15.8. The van der Waals surface area contributed by atoms with Gasteiger partial charge in [0.15, 0.2) is 0 Å². The van der Waals surface area contributed by atoms with Crippen molar-refractivity contribution in [3.63, 3.8) is 0 Å².